The van der Waals surface area contributed by atoms with Gasteiger partial charge in [0.05, 0.1) is 13.2 Å². The van der Waals surface area contributed by atoms with Crippen molar-refractivity contribution >= 4 is 23.4 Å². The molecule has 5 rings (SSSR count). The number of aryl methyl sites for hydroxylation is 1. The molecule has 32 heavy (non-hydrogen) atoms. The van der Waals surface area contributed by atoms with Crippen molar-refractivity contribution in [2.45, 2.75) is 29.8 Å². The Morgan fingerprint density at radius 2 is 1.78 bits per heavy atom. The van der Waals surface area contributed by atoms with Gasteiger partial charge in [-0.1, -0.05) is 49.0 Å². The zero-order valence-electron chi connectivity index (χ0n) is 18.3. The molecular formula is C24H27N5O2S. The predicted molar refractivity (Wildman–Crippen MR) is 126 cm³/mol. The SMILES string of the molecule is CCc1nc2n(n1)C(=O)C(C(c1ccc(OC)cc1)N1CCN(c3ccccc3)CC1)S2. The average molecular weight is 450 g/mol. The predicted octanol–water partition coefficient (Wildman–Crippen LogP) is 3.53. The van der Waals surface area contributed by atoms with E-state index < -0.39 is 0 Å². The molecule has 8 heteroatoms. The second-order valence-corrected chi connectivity index (χ2v) is 9.14. The topological polar surface area (TPSA) is 63.5 Å². The molecule has 3 heterocycles. The summed E-state index contributed by atoms with van der Waals surface area (Å²) in [6.07, 6.45) is 0.724. The summed E-state index contributed by atoms with van der Waals surface area (Å²) in [6, 6.07) is 18.6. The van der Waals surface area contributed by atoms with E-state index >= 15 is 0 Å². The first-order valence-electron chi connectivity index (χ1n) is 11.0. The number of ether oxygens (including phenoxy) is 1. The van der Waals surface area contributed by atoms with Crippen molar-refractivity contribution in [3.63, 3.8) is 0 Å². The molecule has 0 aliphatic carbocycles. The molecule has 2 unspecified atom stereocenters. The zero-order chi connectivity index (χ0) is 22.1. The highest BCUT2D eigenvalue weighted by atomic mass is 32.2. The Morgan fingerprint density at radius 1 is 1.06 bits per heavy atom. The smallest absolute Gasteiger partial charge is 0.264 e. The monoisotopic (exact) mass is 449 g/mol. The van der Waals surface area contributed by atoms with Crippen molar-refractivity contribution in [2.24, 2.45) is 0 Å². The van der Waals surface area contributed by atoms with Gasteiger partial charge in [0.1, 0.15) is 11.0 Å². The third-order valence-electron chi connectivity index (χ3n) is 6.20. The number of hydrogen-bond donors (Lipinski definition) is 0. The molecule has 166 valence electrons. The molecule has 0 saturated carbocycles. The number of carbonyl (C=O) groups is 1. The number of para-hydroxylation sites is 1. The van der Waals surface area contributed by atoms with Gasteiger partial charge in [0.15, 0.2) is 11.0 Å². The highest BCUT2D eigenvalue weighted by Crippen LogP contribution is 2.41. The Balaban J connectivity index is 1.40. The molecule has 7 nitrogen and oxygen atoms in total. The minimum absolute atomic E-state index is 0.0171. The number of hydrogen-bond acceptors (Lipinski definition) is 7. The lowest BCUT2D eigenvalue weighted by Gasteiger charge is -2.41. The maximum Gasteiger partial charge on any atom is 0.264 e. The minimum atomic E-state index is -0.271. The molecular weight excluding hydrogens is 422 g/mol. The third kappa shape index (κ3) is 3.89. The molecule has 3 aromatic rings. The summed E-state index contributed by atoms with van der Waals surface area (Å²) in [5.41, 5.74) is 2.36. The summed E-state index contributed by atoms with van der Waals surface area (Å²) in [6.45, 7) is 5.61. The lowest BCUT2D eigenvalue weighted by atomic mass is 9.99. The summed E-state index contributed by atoms with van der Waals surface area (Å²) in [5.74, 6) is 1.55. The van der Waals surface area contributed by atoms with Gasteiger partial charge in [-0.3, -0.25) is 9.69 Å². The molecule has 1 fully saturated rings. The van der Waals surface area contributed by atoms with Crippen molar-refractivity contribution in [2.75, 3.05) is 38.2 Å². The van der Waals surface area contributed by atoms with Crippen LogP contribution in [0.25, 0.3) is 0 Å². The number of rotatable bonds is 6. The molecule has 0 amide bonds. The molecule has 0 spiro atoms. The van der Waals surface area contributed by atoms with E-state index in [1.165, 1.54) is 22.1 Å². The van der Waals surface area contributed by atoms with Crippen LogP contribution in [0.4, 0.5) is 5.69 Å². The molecule has 2 aliphatic heterocycles. The summed E-state index contributed by atoms with van der Waals surface area (Å²) >= 11 is 1.54. The van der Waals surface area contributed by atoms with Crippen LogP contribution >= 0.6 is 11.8 Å². The quantitative estimate of drug-likeness (QED) is 0.570. The first-order valence-corrected chi connectivity index (χ1v) is 11.9. The maximum absolute atomic E-state index is 13.4. The highest BCUT2D eigenvalue weighted by molar-refractivity contribution is 8.00. The maximum atomic E-state index is 13.4. The van der Waals surface area contributed by atoms with Crippen LogP contribution in [0.2, 0.25) is 0 Å². The fraction of sp³-hybridized carbons (Fsp3) is 0.375. The van der Waals surface area contributed by atoms with E-state index in [-0.39, 0.29) is 17.2 Å². The number of benzene rings is 2. The summed E-state index contributed by atoms with van der Waals surface area (Å²) < 4.78 is 6.86. The standard InChI is InChI=1S/C24H27N5O2S/c1-3-20-25-24-29(26-20)23(30)22(32-24)21(17-9-11-19(31-2)12-10-17)28-15-13-27(14-16-28)18-7-5-4-6-8-18/h4-12,21-22H,3,13-16H2,1-2H3. The number of aromatic nitrogens is 3. The van der Waals surface area contributed by atoms with Gasteiger partial charge in [0.25, 0.3) is 5.91 Å². The number of thioether (sulfide) groups is 1. The van der Waals surface area contributed by atoms with E-state index in [1.54, 1.807) is 7.11 Å². The van der Waals surface area contributed by atoms with Gasteiger partial charge in [-0.2, -0.15) is 4.68 Å². The fourth-order valence-corrected chi connectivity index (χ4v) is 5.74. The summed E-state index contributed by atoms with van der Waals surface area (Å²) in [4.78, 5) is 22.8. The second-order valence-electron chi connectivity index (χ2n) is 8.03. The van der Waals surface area contributed by atoms with Crippen LogP contribution in [0.3, 0.4) is 0 Å². The molecule has 2 atom stereocenters. The Labute approximate surface area is 192 Å². The molecule has 1 saturated heterocycles. The van der Waals surface area contributed by atoms with Gasteiger partial charge in [-0.05, 0) is 29.8 Å². The van der Waals surface area contributed by atoms with Gasteiger partial charge in [0, 0.05) is 38.3 Å². The Morgan fingerprint density at radius 3 is 2.41 bits per heavy atom. The Kier molecular flexibility index (Phi) is 5.89. The van der Waals surface area contributed by atoms with Gasteiger partial charge in [-0.15, -0.1) is 5.10 Å². The number of methoxy groups -OCH3 is 1. The first-order chi connectivity index (χ1) is 15.7. The van der Waals surface area contributed by atoms with E-state index in [9.17, 15) is 4.79 Å². The van der Waals surface area contributed by atoms with E-state index in [1.807, 2.05) is 25.1 Å². The minimum Gasteiger partial charge on any atom is -0.497 e. The molecule has 2 aliphatic rings. The molecule has 0 N–H and O–H groups in total. The number of piperazine rings is 1. The van der Waals surface area contributed by atoms with Crippen molar-refractivity contribution in [3.8, 4) is 5.75 Å². The van der Waals surface area contributed by atoms with Gasteiger partial charge < -0.3 is 9.64 Å². The van der Waals surface area contributed by atoms with E-state index in [2.05, 4.69) is 56.3 Å². The largest absolute Gasteiger partial charge is 0.497 e. The van der Waals surface area contributed by atoms with Crippen molar-refractivity contribution in [1.29, 1.82) is 0 Å². The highest BCUT2D eigenvalue weighted by Gasteiger charge is 2.43. The van der Waals surface area contributed by atoms with Gasteiger partial charge in [-0.25, -0.2) is 4.98 Å². The van der Waals surface area contributed by atoms with Crippen molar-refractivity contribution in [1.82, 2.24) is 19.7 Å². The van der Waals surface area contributed by atoms with Crippen LogP contribution in [0.15, 0.2) is 59.8 Å². The second kappa shape index (κ2) is 8.96. The van der Waals surface area contributed by atoms with E-state index in [0.29, 0.717) is 5.16 Å². The van der Waals surface area contributed by atoms with Gasteiger partial charge >= 0.3 is 0 Å². The third-order valence-corrected chi connectivity index (χ3v) is 7.38. The molecule has 1 aromatic heterocycles. The summed E-state index contributed by atoms with van der Waals surface area (Å²) in [7, 11) is 1.67. The molecule has 0 radical (unpaired) electrons. The number of anilines is 1. The summed E-state index contributed by atoms with van der Waals surface area (Å²) in [5, 5.41) is 4.87. The Hall–Kier alpha value is -2.84. The van der Waals surface area contributed by atoms with Crippen LogP contribution in [0, 0.1) is 0 Å². The number of nitrogens with zero attached hydrogens (tertiary/aromatic N) is 5. The van der Waals surface area contributed by atoms with Crippen LogP contribution in [0.1, 0.15) is 29.1 Å². The van der Waals surface area contributed by atoms with Crippen LogP contribution in [0.5, 0.6) is 5.75 Å². The van der Waals surface area contributed by atoms with Crippen LogP contribution < -0.4 is 9.64 Å². The van der Waals surface area contributed by atoms with E-state index in [0.717, 1.165) is 49.7 Å². The first kappa shape index (κ1) is 21.0. The number of fused-ring (bicyclic) bond motifs is 1. The number of carbonyl (C=O) groups excluding carboxylic acids is 1. The van der Waals surface area contributed by atoms with Crippen LogP contribution in [-0.4, -0.2) is 64.1 Å². The average Bonchev–Trinajstić information content (AvgIpc) is 3.40. The zero-order valence-corrected chi connectivity index (χ0v) is 19.2. The van der Waals surface area contributed by atoms with Crippen LogP contribution in [-0.2, 0) is 6.42 Å². The normalized spacial score (nSPS) is 19.8. The fourth-order valence-electron chi connectivity index (χ4n) is 4.47. The van der Waals surface area contributed by atoms with Gasteiger partial charge in [0.2, 0.25) is 0 Å². The molecule has 0 bridgehead atoms. The lowest BCUT2D eigenvalue weighted by Crippen LogP contribution is -2.50. The lowest BCUT2D eigenvalue weighted by molar-refractivity contribution is 0.0830. The van der Waals surface area contributed by atoms with Crippen molar-refractivity contribution < 1.29 is 9.53 Å². The van der Waals surface area contributed by atoms with E-state index in [4.69, 9.17) is 4.74 Å². The van der Waals surface area contributed by atoms with Crippen molar-refractivity contribution in [3.05, 3.63) is 66.0 Å². The Bertz CT molecular complexity index is 1080. The molecule has 2 aromatic carbocycles.